The van der Waals surface area contributed by atoms with Crippen LogP contribution in [0.15, 0.2) is 40.8 Å². The van der Waals surface area contributed by atoms with Crippen molar-refractivity contribution in [1.82, 2.24) is 4.90 Å². The minimum atomic E-state index is -0.742. The lowest BCUT2D eigenvalue weighted by atomic mass is 9.90. The smallest absolute Gasteiger partial charge is 0.308 e. The van der Waals surface area contributed by atoms with Gasteiger partial charge in [-0.25, -0.2) is 4.39 Å². The van der Waals surface area contributed by atoms with Crippen LogP contribution in [0.2, 0.25) is 0 Å². The van der Waals surface area contributed by atoms with Crippen molar-refractivity contribution in [3.05, 3.63) is 48.0 Å². The molecule has 3 rings (SSSR count). The first-order valence-electron chi connectivity index (χ1n) is 7.86. The van der Waals surface area contributed by atoms with Crippen molar-refractivity contribution in [2.75, 3.05) is 6.54 Å². The number of aliphatic carboxylic acids is 1. The number of halogens is 1. The van der Waals surface area contributed by atoms with E-state index in [4.69, 9.17) is 4.42 Å². The van der Waals surface area contributed by atoms with Crippen molar-refractivity contribution in [3.63, 3.8) is 0 Å². The molecular formula is C18H20FNO3. The van der Waals surface area contributed by atoms with E-state index in [0.29, 0.717) is 24.3 Å². The molecule has 0 saturated carbocycles. The van der Waals surface area contributed by atoms with Crippen molar-refractivity contribution < 1.29 is 18.7 Å². The zero-order chi connectivity index (χ0) is 16.4. The predicted octanol–water partition coefficient (Wildman–Crippen LogP) is 3.77. The van der Waals surface area contributed by atoms with Gasteiger partial charge in [0, 0.05) is 6.04 Å². The largest absolute Gasteiger partial charge is 0.481 e. The standard InChI is InChI=1S/C18H20FNO3/c1-12-14(18(21)22)6-4-10-20(12)11-13-8-9-17(23-13)15-5-2-3-7-16(15)19/h2-3,5,7-9,12,14H,4,6,10-11H2,1H3,(H,21,22)/t12-,14-/m1/s1. The molecular weight excluding hydrogens is 297 g/mol. The number of rotatable bonds is 4. The summed E-state index contributed by atoms with van der Waals surface area (Å²) >= 11 is 0. The molecule has 1 aliphatic rings. The van der Waals surface area contributed by atoms with Gasteiger partial charge in [-0.2, -0.15) is 0 Å². The molecule has 1 N–H and O–H groups in total. The fourth-order valence-electron chi connectivity index (χ4n) is 3.24. The maximum atomic E-state index is 13.8. The average molecular weight is 317 g/mol. The Labute approximate surface area is 134 Å². The highest BCUT2D eigenvalue weighted by atomic mass is 19.1. The van der Waals surface area contributed by atoms with Gasteiger partial charge < -0.3 is 9.52 Å². The Morgan fingerprint density at radius 1 is 1.35 bits per heavy atom. The Kier molecular flexibility index (Phi) is 4.48. The van der Waals surface area contributed by atoms with Gasteiger partial charge in [0.2, 0.25) is 0 Å². The molecule has 5 heteroatoms. The van der Waals surface area contributed by atoms with Gasteiger partial charge in [0.25, 0.3) is 0 Å². The van der Waals surface area contributed by atoms with Crippen LogP contribution >= 0.6 is 0 Å². The highest BCUT2D eigenvalue weighted by molar-refractivity contribution is 5.71. The summed E-state index contributed by atoms with van der Waals surface area (Å²) in [5.74, 6) is -0.178. The highest BCUT2D eigenvalue weighted by Crippen LogP contribution is 2.28. The van der Waals surface area contributed by atoms with Crippen LogP contribution in [0.1, 0.15) is 25.5 Å². The number of carboxylic acid groups (broad SMARTS) is 1. The lowest BCUT2D eigenvalue weighted by Crippen LogP contribution is -2.45. The molecule has 1 aliphatic heterocycles. The first kappa shape index (κ1) is 15.7. The first-order valence-corrected chi connectivity index (χ1v) is 7.86. The molecule has 2 atom stereocenters. The van der Waals surface area contributed by atoms with Crippen molar-refractivity contribution in [2.24, 2.45) is 5.92 Å². The predicted molar refractivity (Wildman–Crippen MR) is 84.3 cm³/mol. The van der Waals surface area contributed by atoms with Gasteiger partial charge in [0.15, 0.2) is 0 Å². The van der Waals surface area contributed by atoms with Crippen LogP contribution < -0.4 is 0 Å². The molecule has 2 heterocycles. The van der Waals surface area contributed by atoms with Crippen LogP contribution in [0.25, 0.3) is 11.3 Å². The van der Waals surface area contributed by atoms with E-state index in [1.54, 1.807) is 24.3 Å². The molecule has 0 radical (unpaired) electrons. The van der Waals surface area contributed by atoms with E-state index in [-0.39, 0.29) is 17.8 Å². The lowest BCUT2D eigenvalue weighted by Gasteiger charge is -2.36. The van der Waals surface area contributed by atoms with E-state index in [9.17, 15) is 14.3 Å². The van der Waals surface area contributed by atoms with Crippen LogP contribution in [-0.2, 0) is 11.3 Å². The zero-order valence-corrected chi connectivity index (χ0v) is 13.0. The molecule has 23 heavy (non-hydrogen) atoms. The molecule has 1 saturated heterocycles. The summed E-state index contributed by atoms with van der Waals surface area (Å²) in [5.41, 5.74) is 0.439. The molecule has 0 unspecified atom stereocenters. The van der Waals surface area contributed by atoms with Crippen molar-refractivity contribution in [3.8, 4) is 11.3 Å². The normalized spacial score (nSPS) is 22.2. The molecule has 0 bridgehead atoms. The first-order chi connectivity index (χ1) is 11.1. The maximum absolute atomic E-state index is 13.8. The minimum absolute atomic E-state index is 0.0386. The molecule has 2 aromatic rings. The van der Waals surface area contributed by atoms with Gasteiger partial charge >= 0.3 is 5.97 Å². The van der Waals surface area contributed by atoms with Crippen molar-refractivity contribution >= 4 is 5.97 Å². The highest BCUT2D eigenvalue weighted by Gasteiger charge is 2.33. The third kappa shape index (κ3) is 3.29. The summed E-state index contributed by atoms with van der Waals surface area (Å²) in [5, 5.41) is 9.28. The van der Waals surface area contributed by atoms with E-state index in [1.165, 1.54) is 6.07 Å². The van der Waals surface area contributed by atoms with Crippen molar-refractivity contribution in [1.29, 1.82) is 0 Å². The van der Waals surface area contributed by atoms with Crippen LogP contribution in [0.3, 0.4) is 0 Å². The van der Waals surface area contributed by atoms with E-state index in [0.717, 1.165) is 18.7 Å². The number of hydrogen-bond acceptors (Lipinski definition) is 3. The quantitative estimate of drug-likeness (QED) is 0.932. The van der Waals surface area contributed by atoms with Crippen LogP contribution in [0.5, 0.6) is 0 Å². The van der Waals surface area contributed by atoms with Crippen LogP contribution in [0.4, 0.5) is 4.39 Å². The maximum Gasteiger partial charge on any atom is 0.308 e. The topological polar surface area (TPSA) is 53.7 Å². The second kappa shape index (κ2) is 6.54. The van der Waals surface area contributed by atoms with Gasteiger partial charge in [-0.05, 0) is 50.6 Å². The number of piperidine rings is 1. The van der Waals surface area contributed by atoms with Crippen molar-refractivity contribution in [2.45, 2.75) is 32.4 Å². The monoisotopic (exact) mass is 317 g/mol. The van der Waals surface area contributed by atoms with Gasteiger partial charge in [0.1, 0.15) is 17.3 Å². The number of nitrogens with zero attached hydrogens (tertiary/aromatic N) is 1. The third-order valence-electron chi connectivity index (χ3n) is 4.60. The number of carboxylic acids is 1. The summed E-state index contributed by atoms with van der Waals surface area (Å²) in [6, 6.07) is 10.1. The third-order valence-corrected chi connectivity index (χ3v) is 4.60. The fraction of sp³-hybridized carbons (Fsp3) is 0.389. The number of furan rings is 1. The number of hydrogen-bond donors (Lipinski definition) is 1. The Morgan fingerprint density at radius 3 is 2.87 bits per heavy atom. The van der Waals surface area contributed by atoms with Gasteiger partial charge in [-0.15, -0.1) is 0 Å². The number of carbonyl (C=O) groups is 1. The lowest BCUT2D eigenvalue weighted by molar-refractivity contribution is -0.145. The van der Waals surface area contributed by atoms with E-state index in [1.807, 2.05) is 13.0 Å². The summed E-state index contributed by atoms with van der Waals surface area (Å²) in [4.78, 5) is 13.4. The molecule has 1 fully saturated rings. The second-order valence-electron chi connectivity index (χ2n) is 6.04. The van der Waals surface area contributed by atoms with Crippen LogP contribution in [-0.4, -0.2) is 28.6 Å². The average Bonchev–Trinajstić information content (AvgIpc) is 2.98. The Bertz CT molecular complexity index is 697. The Hall–Kier alpha value is -2.14. The molecule has 4 nitrogen and oxygen atoms in total. The van der Waals surface area contributed by atoms with E-state index >= 15 is 0 Å². The Morgan fingerprint density at radius 2 is 2.13 bits per heavy atom. The molecule has 1 aromatic carbocycles. The van der Waals surface area contributed by atoms with Gasteiger partial charge in [0.05, 0.1) is 18.0 Å². The summed E-state index contributed by atoms with van der Waals surface area (Å²) in [6.07, 6.45) is 1.58. The molecule has 0 amide bonds. The minimum Gasteiger partial charge on any atom is -0.481 e. The number of likely N-dealkylation sites (tertiary alicyclic amines) is 1. The second-order valence-corrected chi connectivity index (χ2v) is 6.04. The fourth-order valence-corrected chi connectivity index (χ4v) is 3.24. The number of benzene rings is 1. The SMILES string of the molecule is C[C@@H]1[C@H](C(=O)O)CCCN1Cc1ccc(-c2ccccc2F)o1. The molecule has 0 spiro atoms. The zero-order valence-electron chi connectivity index (χ0n) is 13.0. The molecule has 122 valence electrons. The van der Waals surface area contributed by atoms with Gasteiger partial charge in [-0.1, -0.05) is 12.1 Å². The Balaban J connectivity index is 1.74. The van der Waals surface area contributed by atoms with Gasteiger partial charge in [-0.3, -0.25) is 9.69 Å². The van der Waals surface area contributed by atoms with E-state index in [2.05, 4.69) is 4.90 Å². The summed E-state index contributed by atoms with van der Waals surface area (Å²) < 4.78 is 19.6. The van der Waals surface area contributed by atoms with Crippen LogP contribution in [0, 0.1) is 11.7 Å². The molecule has 1 aromatic heterocycles. The summed E-state index contributed by atoms with van der Waals surface area (Å²) in [7, 11) is 0. The molecule has 0 aliphatic carbocycles. The van der Waals surface area contributed by atoms with E-state index < -0.39 is 5.97 Å². The summed E-state index contributed by atoms with van der Waals surface area (Å²) in [6.45, 7) is 3.33.